The Kier molecular flexibility index (Phi) is 7.78. The number of nitrogens with two attached hydrogens (primary N) is 1. The van der Waals surface area contributed by atoms with Gasteiger partial charge in [-0.25, -0.2) is 0 Å². The number of aryl methyl sites for hydroxylation is 4. The molecule has 0 saturated carbocycles. The zero-order chi connectivity index (χ0) is 28.4. The third-order valence-corrected chi connectivity index (χ3v) is 7.50. The molecule has 0 atom stereocenters. The fourth-order valence-corrected chi connectivity index (χ4v) is 5.05. The Morgan fingerprint density at radius 3 is 2.35 bits per heavy atom. The van der Waals surface area contributed by atoms with E-state index in [4.69, 9.17) is 24.7 Å². The molecule has 0 saturated heterocycles. The number of ether oxygens (including phenoxy) is 2. The summed E-state index contributed by atoms with van der Waals surface area (Å²) in [5, 5.41) is 4.63. The van der Waals surface area contributed by atoms with Gasteiger partial charge in [-0.1, -0.05) is 63.2 Å². The maximum Gasteiger partial charge on any atom is 0.174 e. The summed E-state index contributed by atoms with van der Waals surface area (Å²) in [6, 6.07) is 20.5. The van der Waals surface area contributed by atoms with E-state index >= 15 is 0 Å². The SMILES string of the molecule is CCc1cccc(CC)c1-c1cc(Oc2ccc3c(N)noc3c2)c(COc2cc(C(C)C)ccc2C)c(C)n1. The third-order valence-electron chi connectivity index (χ3n) is 7.50. The first-order valence-electron chi connectivity index (χ1n) is 14.0. The fourth-order valence-electron chi connectivity index (χ4n) is 5.05. The molecule has 6 nitrogen and oxygen atoms in total. The average Bonchev–Trinajstić information content (AvgIpc) is 3.32. The van der Waals surface area contributed by atoms with Crippen molar-refractivity contribution in [1.29, 1.82) is 0 Å². The second kappa shape index (κ2) is 11.4. The Hall–Kier alpha value is -4.32. The molecule has 0 bridgehead atoms. The molecular weight excluding hydrogens is 498 g/mol. The first-order valence-corrected chi connectivity index (χ1v) is 14.0. The van der Waals surface area contributed by atoms with Gasteiger partial charge in [-0.2, -0.15) is 0 Å². The van der Waals surface area contributed by atoms with Crippen molar-refractivity contribution in [2.24, 2.45) is 0 Å². The molecule has 0 fully saturated rings. The summed E-state index contributed by atoms with van der Waals surface area (Å²) in [5.41, 5.74) is 15.2. The lowest BCUT2D eigenvalue weighted by Crippen LogP contribution is -2.06. The number of nitrogen functional groups attached to an aromatic ring is 1. The number of hydrogen-bond donors (Lipinski definition) is 1. The lowest BCUT2D eigenvalue weighted by atomic mass is 9.94. The van der Waals surface area contributed by atoms with Crippen molar-refractivity contribution in [2.75, 3.05) is 5.73 Å². The molecule has 2 heterocycles. The number of pyridine rings is 1. The van der Waals surface area contributed by atoms with E-state index in [1.54, 1.807) is 0 Å². The highest BCUT2D eigenvalue weighted by atomic mass is 16.5. The van der Waals surface area contributed by atoms with Crippen molar-refractivity contribution < 1.29 is 14.0 Å². The quantitative estimate of drug-likeness (QED) is 0.203. The second-order valence-corrected chi connectivity index (χ2v) is 10.5. The molecule has 0 aliphatic carbocycles. The largest absolute Gasteiger partial charge is 0.488 e. The maximum atomic E-state index is 6.55. The van der Waals surface area contributed by atoms with Crippen LogP contribution in [0.3, 0.4) is 0 Å². The van der Waals surface area contributed by atoms with Gasteiger partial charge in [0.15, 0.2) is 11.4 Å². The van der Waals surface area contributed by atoms with Crippen molar-refractivity contribution >= 4 is 16.8 Å². The molecule has 0 aliphatic heterocycles. The van der Waals surface area contributed by atoms with Crippen LogP contribution in [0.5, 0.6) is 17.2 Å². The zero-order valence-corrected chi connectivity index (χ0v) is 24.2. The van der Waals surface area contributed by atoms with Crippen LogP contribution in [0.25, 0.3) is 22.2 Å². The number of nitrogens with zero attached hydrogens (tertiary/aromatic N) is 2. The third kappa shape index (κ3) is 5.39. The summed E-state index contributed by atoms with van der Waals surface area (Å²) < 4.78 is 18.4. The fraction of sp³-hybridized carbons (Fsp3) is 0.294. The van der Waals surface area contributed by atoms with Gasteiger partial charge < -0.3 is 19.7 Å². The van der Waals surface area contributed by atoms with Crippen LogP contribution in [0.4, 0.5) is 5.82 Å². The Morgan fingerprint density at radius 2 is 1.65 bits per heavy atom. The van der Waals surface area contributed by atoms with Gasteiger partial charge in [-0.05, 0) is 73.1 Å². The van der Waals surface area contributed by atoms with Crippen LogP contribution in [-0.4, -0.2) is 10.1 Å². The van der Waals surface area contributed by atoms with Crippen molar-refractivity contribution in [3.05, 3.63) is 94.2 Å². The van der Waals surface area contributed by atoms with E-state index < -0.39 is 0 Å². The summed E-state index contributed by atoms with van der Waals surface area (Å²) in [6.07, 6.45) is 1.83. The predicted octanol–water partition coefficient (Wildman–Crippen LogP) is 8.71. The Bertz CT molecular complexity index is 1650. The molecule has 0 radical (unpaired) electrons. The van der Waals surface area contributed by atoms with Crippen LogP contribution < -0.4 is 15.2 Å². The minimum absolute atomic E-state index is 0.324. The molecule has 0 spiro atoms. The zero-order valence-electron chi connectivity index (χ0n) is 24.2. The van der Waals surface area contributed by atoms with Crippen LogP contribution in [0.2, 0.25) is 0 Å². The molecule has 2 N–H and O–H groups in total. The van der Waals surface area contributed by atoms with Crippen LogP contribution in [0.1, 0.15) is 67.1 Å². The highest BCUT2D eigenvalue weighted by molar-refractivity contribution is 5.87. The molecule has 0 aliphatic rings. The van der Waals surface area contributed by atoms with Gasteiger partial charge >= 0.3 is 0 Å². The van der Waals surface area contributed by atoms with Crippen LogP contribution in [0.15, 0.2) is 65.2 Å². The van der Waals surface area contributed by atoms with Crippen LogP contribution >= 0.6 is 0 Å². The molecule has 6 heteroatoms. The standard InChI is InChI=1S/C34H37N3O3/c1-7-23-10-9-11-24(8-2)33(23)29-18-31(39-26-14-15-27-32(17-26)40-37-34(27)35)28(22(6)36-29)19-38-30-16-25(20(3)4)13-12-21(30)5/h9-18,20H,7-8,19H2,1-6H3,(H2,35,37). The van der Waals surface area contributed by atoms with Gasteiger partial charge in [0.2, 0.25) is 0 Å². The van der Waals surface area contributed by atoms with Gasteiger partial charge in [0, 0.05) is 23.4 Å². The van der Waals surface area contributed by atoms with E-state index in [9.17, 15) is 0 Å². The lowest BCUT2D eigenvalue weighted by Gasteiger charge is -2.19. The van der Waals surface area contributed by atoms with Gasteiger partial charge in [0.05, 0.1) is 16.6 Å². The molecular formula is C34H37N3O3. The van der Waals surface area contributed by atoms with Crippen LogP contribution in [0, 0.1) is 13.8 Å². The molecule has 3 aromatic carbocycles. The smallest absolute Gasteiger partial charge is 0.174 e. The number of rotatable bonds is 9. The van der Waals surface area contributed by atoms with Gasteiger partial charge in [-0.15, -0.1) is 0 Å². The normalized spacial score (nSPS) is 11.4. The van der Waals surface area contributed by atoms with Gasteiger partial charge in [0.1, 0.15) is 23.9 Å². The first kappa shape index (κ1) is 27.3. The highest BCUT2D eigenvalue weighted by Crippen LogP contribution is 2.37. The first-order chi connectivity index (χ1) is 19.3. The molecule has 5 aromatic rings. The summed E-state index contributed by atoms with van der Waals surface area (Å²) in [5.74, 6) is 2.96. The van der Waals surface area contributed by atoms with E-state index in [0.717, 1.165) is 46.5 Å². The number of fused-ring (bicyclic) bond motifs is 1. The van der Waals surface area contributed by atoms with E-state index in [1.165, 1.54) is 22.3 Å². The lowest BCUT2D eigenvalue weighted by molar-refractivity contribution is 0.296. The van der Waals surface area contributed by atoms with Crippen LogP contribution in [-0.2, 0) is 19.4 Å². The Labute approximate surface area is 236 Å². The molecule has 0 unspecified atom stereocenters. The summed E-state index contributed by atoms with van der Waals surface area (Å²) in [4.78, 5) is 5.09. The number of benzene rings is 3. The van der Waals surface area contributed by atoms with E-state index in [2.05, 4.69) is 76.2 Å². The average molecular weight is 536 g/mol. The molecule has 0 amide bonds. The summed E-state index contributed by atoms with van der Waals surface area (Å²) in [7, 11) is 0. The monoisotopic (exact) mass is 535 g/mol. The molecule has 40 heavy (non-hydrogen) atoms. The minimum Gasteiger partial charge on any atom is -0.488 e. The van der Waals surface area contributed by atoms with Crippen molar-refractivity contribution in [1.82, 2.24) is 10.1 Å². The topological polar surface area (TPSA) is 83.4 Å². The number of hydrogen-bond acceptors (Lipinski definition) is 6. The number of anilines is 1. The van der Waals surface area contributed by atoms with Gasteiger partial charge in [-0.3, -0.25) is 4.98 Å². The summed E-state index contributed by atoms with van der Waals surface area (Å²) >= 11 is 0. The van der Waals surface area contributed by atoms with Gasteiger partial charge in [0.25, 0.3) is 0 Å². The van der Waals surface area contributed by atoms with Crippen molar-refractivity contribution in [3.63, 3.8) is 0 Å². The predicted molar refractivity (Wildman–Crippen MR) is 161 cm³/mol. The minimum atomic E-state index is 0.324. The van der Waals surface area contributed by atoms with E-state index in [1.807, 2.05) is 31.2 Å². The number of aromatic nitrogens is 2. The van der Waals surface area contributed by atoms with Crippen molar-refractivity contribution in [3.8, 4) is 28.5 Å². The Morgan fingerprint density at radius 1 is 0.900 bits per heavy atom. The van der Waals surface area contributed by atoms with E-state index in [-0.39, 0.29) is 0 Å². The van der Waals surface area contributed by atoms with Crippen molar-refractivity contribution in [2.45, 2.75) is 66.9 Å². The summed E-state index contributed by atoms with van der Waals surface area (Å²) in [6.45, 7) is 13.1. The maximum absolute atomic E-state index is 6.55. The molecule has 5 rings (SSSR count). The van der Waals surface area contributed by atoms with E-state index in [0.29, 0.717) is 35.4 Å². The molecule has 206 valence electrons. The highest BCUT2D eigenvalue weighted by Gasteiger charge is 2.19. The Balaban J connectivity index is 1.59. The molecule has 2 aromatic heterocycles. The second-order valence-electron chi connectivity index (χ2n) is 10.5.